The van der Waals surface area contributed by atoms with Crippen molar-refractivity contribution in [2.24, 2.45) is 10.9 Å². The fourth-order valence-corrected chi connectivity index (χ4v) is 3.00. The van der Waals surface area contributed by atoms with E-state index in [1.165, 1.54) is 0 Å². The van der Waals surface area contributed by atoms with E-state index < -0.39 is 0 Å². The van der Waals surface area contributed by atoms with E-state index in [1.807, 2.05) is 36.6 Å². The third-order valence-electron chi connectivity index (χ3n) is 3.16. The maximum atomic E-state index is 8.77. The van der Waals surface area contributed by atoms with Crippen LogP contribution in [-0.2, 0) is 13.0 Å². The number of hydrogen-bond donors (Lipinski definition) is 2. The van der Waals surface area contributed by atoms with Crippen LogP contribution in [0.2, 0.25) is 0 Å². The molecular weight excluding hydrogens is 286 g/mol. The van der Waals surface area contributed by atoms with E-state index in [-0.39, 0.29) is 5.84 Å². The SMILES string of the molecule is Cc1csc(Cn2c(C/C(N)=N/O)nc3ccccc32)n1. The van der Waals surface area contributed by atoms with Crippen LogP contribution in [0.4, 0.5) is 0 Å². The molecule has 0 radical (unpaired) electrons. The molecule has 6 nitrogen and oxygen atoms in total. The molecular formula is C14H15N5OS. The summed E-state index contributed by atoms with van der Waals surface area (Å²) >= 11 is 1.62. The molecule has 2 heterocycles. The molecule has 0 fully saturated rings. The topological polar surface area (TPSA) is 89.3 Å². The lowest BCUT2D eigenvalue weighted by atomic mass is 10.3. The van der Waals surface area contributed by atoms with Gasteiger partial charge in [0.2, 0.25) is 0 Å². The van der Waals surface area contributed by atoms with Crippen LogP contribution in [0.1, 0.15) is 16.5 Å². The van der Waals surface area contributed by atoms with Crippen molar-refractivity contribution < 1.29 is 5.21 Å². The number of aryl methyl sites for hydroxylation is 1. The van der Waals surface area contributed by atoms with Crippen molar-refractivity contribution in [1.82, 2.24) is 14.5 Å². The van der Waals surface area contributed by atoms with Crippen molar-refractivity contribution in [3.63, 3.8) is 0 Å². The zero-order valence-corrected chi connectivity index (χ0v) is 12.3. The second kappa shape index (κ2) is 5.53. The molecule has 1 aromatic carbocycles. The Morgan fingerprint density at radius 3 is 2.90 bits per heavy atom. The summed E-state index contributed by atoms with van der Waals surface area (Å²) in [5.41, 5.74) is 8.55. The normalized spacial score (nSPS) is 12.1. The summed E-state index contributed by atoms with van der Waals surface area (Å²) in [6.45, 7) is 2.61. The van der Waals surface area contributed by atoms with Gasteiger partial charge in [0.25, 0.3) is 0 Å². The van der Waals surface area contributed by atoms with Crippen LogP contribution < -0.4 is 5.73 Å². The first-order chi connectivity index (χ1) is 10.2. The Bertz CT molecular complexity index is 805. The zero-order valence-electron chi connectivity index (χ0n) is 11.5. The van der Waals surface area contributed by atoms with Crippen LogP contribution in [0.15, 0.2) is 34.8 Å². The summed E-state index contributed by atoms with van der Waals surface area (Å²) in [6.07, 6.45) is 0.301. The molecule has 0 spiro atoms. The summed E-state index contributed by atoms with van der Waals surface area (Å²) in [6, 6.07) is 7.88. The first kappa shape index (κ1) is 13.6. The molecule has 0 saturated heterocycles. The second-order valence-electron chi connectivity index (χ2n) is 4.75. The fourth-order valence-electron chi connectivity index (χ4n) is 2.24. The van der Waals surface area contributed by atoms with Crippen molar-refractivity contribution in [3.05, 3.63) is 46.2 Å². The number of rotatable bonds is 4. The predicted molar refractivity (Wildman–Crippen MR) is 82.8 cm³/mol. The Kier molecular flexibility index (Phi) is 3.57. The highest BCUT2D eigenvalue weighted by molar-refractivity contribution is 7.09. The van der Waals surface area contributed by atoms with Crippen molar-refractivity contribution in [1.29, 1.82) is 0 Å². The minimum atomic E-state index is 0.141. The van der Waals surface area contributed by atoms with Crippen LogP contribution in [0.5, 0.6) is 0 Å². The highest BCUT2D eigenvalue weighted by Gasteiger charge is 2.13. The van der Waals surface area contributed by atoms with Gasteiger partial charge in [-0.2, -0.15) is 0 Å². The minimum Gasteiger partial charge on any atom is -0.409 e. The van der Waals surface area contributed by atoms with Gasteiger partial charge < -0.3 is 15.5 Å². The van der Waals surface area contributed by atoms with Gasteiger partial charge in [-0.1, -0.05) is 17.3 Å². The number of oxime groups is 1. The number of nitrogens with two attached hydrogens (primary N) is 1. The molecule has 0 bridgehead atoms. The fraction of sp³-hybridized carbons (Fsp3) is 0.214. The van der Waals surface area contributed by atoms with E-state index in [0.29, 0.717) is 13.0 Å². The first-order valence-corrected chi connectivity index (χ1v) is 7.37. The zero-order chi connectivity index (χ0) is 14.8. The van der Waals surface area contributed by atoms with Crippen molar-refractivity contribution >= 4 is 28.2 Å². The van der Waals surface area contributed by atoms with Crippen LogP contribution in [0, 0.1) is 6.92 Å². The Labute approximate surface area is 125 Å². The van der Waals surface area contributed by atoms with E-state index in [9.17, 15) is 0 Å². The lowest BCUT2D eigenvalue weighted by Gasteiger charge is -2.06. The lowest BCUT2D eigenvalue weighted by Crippen LogP contribution is -2.18. The second-order valence-corrected chi connectivity index (χ2v) is 5.70. The average Bonchev–Trinajstić information content (AvgIpc) is 3.04. The van der Waals surface area contributed by atoms with Gasteiger partial charge >= 0.3 is 0 Å². The predicted octanol–water partition coefficient (Wildman–Crippen LogP) is 2.14. The molecule has 2 aromatic heterocycles. The summed E-state index contributed by atoms with van der Waals surface area (Å²) in [4.78, 5) is 9.06. The Morgan fingerprint density at radius 1 is 1.38 bits per heavy atom. The van der Waals surface area contributed by atoms with Gasteiger partial charge in [0.15, 0.2) is 0 Å². The maximum absolute atomic E-state index is 8.77. The van der Waals surface area contributed by atoms with Gasteiger partial charge in [0.05, 0.1) is 24.0 Å². The third kappa shape index (κ3) is 2.73. The van der Waals surface area contributed by atoms with E-state index >= 15 is 0 Å². The van der Waals surface area contributed by atoms with Crippen LogP contribution in [0.3, 0.4) is 0 Å². The molecule has 0 aliphatic rings. The Balaban J connectivity index is 2.06. The molecule has 21 heavy (non-hydrogen) atoms. The summed E-state index contributed by atoms with van der Waals surface area (Å²) in [5, 5.41) is 14.8. The average molecular weight is 301 g/mol. The molecule has 0 atom stereocenters. The smallest absolute Gasteiger partial charge is 0.146 e. The Morgan fingerprint density at radius 2 is 2.19 bits per heavy atom. The molecule has 0 aliphatic heterocycles. The number of benzene rings is 1. The van der Waals surface area contributed by atoms with Crippen LogP contribution in [0.25, 0.3) is 11.0 Å². The van der Waals surface area contributed by atoms with Crippen LogP contribution in [-0.4, -0.2) is 25.6 Å². The van der Waals surface area contributed by atoms with Gasteiger partial charge in [-0.05, 0) is 19.1 Å². The molecule has 3 rings (SSSR count). The highest BCUT2D eigenvalue weighted by atomic mass is 32.1. The van der Waals surface area contributed by atoms with Crippen molar-refractivity contribution in [3.8, 4) is 0 Å². The number of amidine groups is 1. The van der Waals surface area contributed by atoms with Gasteiger partial charge in [-0.15, -0.1) is 11.3 Å². The molecule has 0 amide bonds. The number of hydrogen-bond acceptors (Lipinski definition) is 5. The first-order valence-electron chi connectivity index (χ1n) is 6.49. The molecule has 0 unspecified atom stereocenters. The van der Waals surface area contributed by atoms with Crippen molar-refractivity contribution in [2.75, 3.05) is 0 Å². The number of nitrogens with zero attached hydrogens (tertiary/aromatic N) is 4. The minimum absolute atomic E-state index is 0.141. The molecule has 7 heteroatoms. The van der Waals surface area contributed by atoms with Gasteiger partial charge in [0.1, 0.15) is 16.7 Å². The number of aromatic nitrogens is 3. The lowest BCUT2D eigenvalue weighted by molar-refractivity contribution is 0.317. The van der Waals surface area contributed by atoms with Gasteiger partial charge in [-0.3, -0.25) is 0 Å². The standard InChI is InChI=1S/C14H15N5OS/c1-9-8-21-14(16-9)7-19-11-5-3-2-4-10(11)17-13(19)6-12(15)18-20/h2-5,8,20H,6-7H2,1H3,(H2,15,18). The monoisotopic (exact) mass is 301 g/mol. The summed E-state index contributed by atoms with van der Waals surface area (Å²) in [5.74, 6) is 0.904. The number of fused-ring (bicyclic) bond motifs is 1. The highest BCUT2D eigenvalue weighted by Crippen LogP contribution is 2.20. The van der Waals surface area contributed by atoms with Gasteiger partial charge in [-0.25, -0.2) is 9.97 Å². The largest absolute Gasteiger partial charge is 0.409 e. The van der Waals surface area contributed by atoms with E-state index in [2.05, 4.69) is 19.7 Å². The quantitative estimate of drug-likeness (QED) is 0.334. The summed E-state index contributed by atoms with van der Waals surface area (Å²) in [7, 11) is 0. The van der Waals surface area contributed by atoms with Crippen molar-refractivity contribution in [2.45, 2.75) is 19.9 Å². The molecule has 0 saturated carbocycles. The van der Waals surface area contributed by atoms with E-state index in [1.54, 1.807) is 11.3 Å². The number of imidazole rings is 1. The van der Waals surface area contributed by atoms with Gasteiger partial charge in [0, 0.05) is 11.1 Å². The Hall–Kier alpha value is -2.41. The maximum Gasteiger partial charge on any atom is 0.146 e. The molecule has 0 aliphatic carbocycles. The third-order valence-corrected chi connectivity index (χ3v) is 4.11. The number of thiazole rings is 1. The number of para-hydroxylation sites is 2. The van der Waals surface area contributed by atoms with E-state index in [4.69, 9.17) is 10.9 Å². The molecule has 3 aromatic rings. The molecule has 3 N–H and O–H groups in total. The van der Waals surface area contributed by atoms with Crippen LogP contribution >= 0.6 is 11.3 Å². The van der Waals surface area contributed by atoms with E-state index in [0.717, 1.165) is 27.6 Å². The summed E-state index contributed by atoms with van der Waals surface area (Å²) < 4.78 is 2.06. The molecule has 108 valence electrons.